The number of amides is 1. The van der Waals surface area contributed by atoms with Gasteiger partial charge in [-0.05, 0) is 23.6 Å². The molecule has 0 saturated heterocycles. The highest BCUT2D eigenvalue weighted by Gasteiger charge is 2.25. The third kappa shape index (κ3) is 6.87. The predicted octanol–water partition coefficient (Wildman–Crippen LogP) is 7.37. The lowest BCUT2D eigenvalue weighted by molar-refractivity contribution is 0.0933. The molecule has 1 atom stereocenters. The molecule has 4 aromatic carbocycles. The van der Waals surface area contributed by atoms with Crippen molar-refractivity contribution in [3.63, 3.8) is 0 Å². The SMILES string of the molecule is CCC(NC(=O)c1c(OCCNCc2ccccc2)c(-c2ccccc2)nc2ccccc12)c1ccccc1.Cl. The molecule has 1 heterocycles. The molecule has 0 aliphatic rings. The number of hydrogen-bond acceptors (Lipinski definition) is 4. The van der Waals surface area contributed by atoms with Crippen LogP contribution in [0.3, 0.4) is 0 Å². The molecule has 0 saturated carbocycles. The summed E-state index contributed by atoms with van der Waals surface area (Å²) in [7, 11) is 0. The first-order chi connectivity index (χ1) is 19.2. The number of carbonyl (C=O) groups is 1. The standard InChI is InChI=1S/C34H33N3O2.ClH/c1-2-29(26-16-8-4-9-17-26)37-34(38)31-28-20-12-13-21-30(28)36-32(27-18-10-5-11-19-27)33(31)39-23-22-35-24-25-14-6-3-7-15-25;/h3-21,29,35H,2,22-24H2,1H3,(H,37,38);1H. The number of fused-ring (bicyclic) bond motifs is 1. The molecule has 0 fully saturated rings. The van der Waals surface area contributed by atoms with E-state index < -0.39 is 0 Å². The summed E-state index contributed by atoms with van der Waals surface area (Å²) in [6, 6.07) is 37.9. The van der Waals surface area contributed by atoms with E-state index in [1.165, 1.54) is 5.56 Å². The van der Waals surface area contributed by atoms with Gasteiger partial charge in [0.2, 0.25) is 0 Å². The maximum absolute atomic E-state index is 14.0. The normalized spacial score (nSPS) is 11.4. The molecule has 0 bridgehead atoms. The highest BCUT2D eigenvalue weighted by Crippen LogP contribution is 2.37. The Bertz CT molecular complexity index is 1510. The molecule has 5 nitrogen and oxygen atoms in total. The second-order valence-electron chi connectivity index (χ2n) is 9.40. The number of benzene rings is 4. The van der Waals surface area contributed by atoms with Gasteiger partial charge in [-0.25, -0.2) is 4.98 Å². The van der Waals surface area contributed by atoms with Gasteiger partial charge >= 0.3 is 0 Å². The van der Waals surface area contributed by atoms with Gasteiger partial charge in [-0.15, -0.1) is 12.4 Å². The summed E-state index contributed by atoms with van der Waals surface area (Å²) in [4.78, 5) is 19.0. The third-order valence-corrected chi connectivity index (χ3v) is 6.73. The second-order valence-corrected chi connectivity index (χ2v) is 9.40. The fraction of sp³-hybridized carbons (Fsp3) is 0.176. The van der Waals surface area contributed by atoms with E-state index in [1.807, 2.05) is 103 Å². The Morgan fingerprint density at radius 2 is 1.45 bits per heavy atom. The highest BCUT2D eigenvalue weighted by atomic mass is 35.5. The van der Waals surface area contributed by atoms with Gasteiger partial charge in [0.1, 0.15) is 12.3 Å². The quantitative estimate of drug-likeness (QED) is 0.168. The van der Waals surface area contributed by atoms with Gasteiger partial charge < -0.3 is 15.4 Å². The summed E-state index contributed by atoms with van der Waals surface area (Å²) in [6.07, 6.45) is 0.768. The Morgan fingerprint density at radius 3 is 2.15 bits per heavy atom. The average Bonchev–Trinajstić information content (AvgIpc) is 3.00. The molecule has 1 amide bonds. The molecule has 5 aromatic rings. The van der Waals surface area contributed by atoms with Crippen LogP contribution in [-0.2, 0) is 6.54 Å². The zero-order chi connectivity index (χ0) is 26.9. The average molecular weight is 552 g/mol. The minimum absolute atomic E-state index is 0. The lowest BCUT2D eigenvalue weighted by Gasteiger charge is -2.21. The summed E-state index contributed by atoms with van der Waals surface area (Å²) < 4.78 is 6.42. The zero-order valence-electron chi connectivity index (χ0n) is 22.5. The van der Waals surface area contributed by atoms with E-state index in [2.05, 4.69) is 29.7 Å². The van der Waals surface area contributed by atoms with E-state index in [4.69, 9.17) is 9.72 Å². The minimum atomic E-state index is -0.172. The largest absolute Gasteiger partial charge is 0.489 e. The molecule has 40 heavy (non-hydrogen) atoms. The molecular formula is C34H34ClN3O2. The summed E-state index contributed by atoms with van der Waals surface area (Å²) in [5.74, 6) is 0.329. The van der Waals surface area contributed by atoms with Gasteiger partial charge in [0, 0.05) is 24.0 Å². The number of nitrogens with one attached hydrogen (secondary N) is 2. The first kappa shape index (κ1) is 28.8. The number of nitrogens with zero attached hydrogens (tertiary/aromatic N) is 1. The maximum Gasteiger partial charge on any atom is 0.256 e. The summed E-state index contributed by atoms with van der Waals surface area (Å²) in [5, 5.41) is 7.47. The molecule has 2 N–H and O–H groups in total. The molecule has 0 aliphatic carbocycles. The van der Waals surface area contributed by atoms with E-state index in [0.29, 0.717) is 30.2 Å². The van der Waals surface area contributed by atoms with Crippen molar-refractivity contribution in [1.82, 2.24) is 15.6 Å². The van der Waals surface area contributed by atoms with E-state index >= 15 is 0 Å². The van der Waals surface area contributed by atoms with Crippen molar-refractivity contribution in [2.24, 2.45) is 0 Å². The van der Waals surface area contributed by atoms with Crippen molar-refractivity contribution in [3.05, 3.63) is 132 Å². The van der Waals surface area contributed by atoms with Gasteiger partial charge in [0.25, 0.3) is 5.91 Å². The Balaban J connectivity index is 0.00000370. The topological polar surface area (TPSA) is 63.2 Å². The maximum atomic E-state index is 14.0. The number of para-hydroxylation sites is 1. The number of pyridine rings is 1. The van der Waals surface area contributed by atoms with Crippen LogP contribution in [0.2, 0.25) is 0 Å². The van der Waals surface area contributed by atoms with E-state index in [9.17, 15) is 4.79 Å². The molecule has 0 aliphatic heterocycles. The fourth-order valence-corrected chi connectivity index (χ4v) is 4.74. The van der Waals surface area contributed by atoms with Gasteiger partial charge in [0.15, 0.2) is 5.75 Å². The number of ether oxygens (including phenoxy) is 1. The van der Waals surface area contributed by atoms with Crippen molar-refractivity contribution in [1.29, 1.82) is 0 Å². The highest BCUT2D eigenvalue weighted by molar-refractivity contribution is 6.10. The Labute approximate surface area is 242 Å². The Hall–Kier alpha value is -4.19. The van der Waals surface area contributed by atoms with Crippen molar-refractivity contribution < 1.29 is 9.53 Å². The van der Waals surface area contributed by atoms with Crippen LogP contribution < -0.4 is 15.4 Å². The molecular weight excluding hydrogens is 518 g/mol. The molecule has 6 heteroatoms. The first-order valence-electron chi connectivity index (χ1n) is 13.5. The molecule has 1 unspecified atom stereocenters. The van der Waals surface area contributed by atoms with Gasteiger partial charge in [-0.3, -0.25) is 4.79 Å². The monoisotopic (exact) mass is 551 g/mol. The molecule has 0 spiro atoms. The fourth-order valence-electron chi connectivity index (χ4n) is 4.74. The first-order valence-corrected chi connectivity index (χ1v) is 13.5. The number of halogens is 1. The smallest absolute Gasteiger partial charge is 0.256 e. The van der Waals surface area contributed by atoms with E-state index in [-0.39, 0.29) is 24.4 Å². The third-order valence-electron chi connectivity index (χ3n) is 6.73. The van der Waals surface area contributed by atoms with Crippen molar-refractivity contribution >= 4 is 29.2 Å². The van der Waals surface area contributed by atoms with Crippen LogP contribution in [-0.4, -0.2) is 24.0 Å². The Kier molecular flexibility index (Phi) is 10.3. The number of carbonyl (C=O) groups excluding carboxylic acids is 1. The van der Waals surface area contributed by atoms with E-state index in [1.54, 1.807) is 0 Å². The summed E-state index contributed by atoms with van der Waals surface area (Å²) in [6.45, 7) is 3.84. The Morgan fingerprint density at radius 1 is 0.825 bits per heavy atom. The lowest BCUT2D eigenvalue weighted by Crippen LogP contribution is -2.29. The zero-order valence-corrected chi connectivity index (χ0v) is 23.4. The summed E-state index contributed by atoms with van der Waals surface area (Å²) >= 11 is 0. The van der Waals surface area contributed by atoms with Gasteiger partial charge in [0.05, 0.1) is 17.1 Å². The van der Waals surface area contributed by atoms with Crippen LogP contribution in [0, 0.1) is 0 Å². The molecule has 0 radical (unpaired) electrons. The van der Waals surface area contributed by atoms with Crippen molar-refractivity contribution in [2.45, 2.75) is 25.9 Å². The van der Waals surface area contributed by atoms with Crippen molar-refractivity contribution in [2.75, 3.05) is 13.2 Å². The predicted molar refractivity (Wildman–Crippen MR) is 165 cm³/mol. The molecule has 204 valence electrons. The number of hydrogen-bond donors (Lipinski definition) is 2. The second kappa shape index (κ2) is 14.3. The minimum Gasteiger partial charge on any atom is -0.489 e. The van der Waals surface area contributed by atoms with Gasteiger partial charge in [-0.1, -0.05) is 116 Å². The summed E-state index contributed by atoms with van der Waals surface area (Å²) in [5.41, 5.74) is 5.11. The van der Waals surface area contributed by atoms with Crippen LogP contribution >= 0.6 is 12.4 Å². The lowest BCUT2D eigenvalue weighted by atomic mass is 10.00. The van der Waals surface area contributed by atoms with Crippen LogP contribution in [0.5, 0.6) is 5.75 Å². The van der Waals surface area contributed by atoms with Crippen LogP contribution in [0.4, 0.5) is 0 Å². The van der Waals surface area contributed by atoms with Crippen LogP contribution in [0.25, 0.3) is 22.2 Å². The number of rotatable bonds is 11. The van der Waals surface area contributed by atoms with Crippen LogP contribution in [0.15, 0.2) is 115 Å². The van der Waals surface area contributed by atoms with Crippen molar-refractivity contribution in [3.8, 4) is 17.0 Å². The van der Waals surface area contributed by atoms with Gasteiger partial charge in [-0.2, -0.15) is 0 Å². The number of aromatic nitrogens is 1. The molecule has 5 rings (SSSR count). The molecule has 1 aromatic heterocycles. The van der Waals surface area contributed by atoms with E-state index in [0.717, 1.165) is 35.0 Å². The van der Waals surface area contributed by atoms with Crippen LogP contribution in [0.1, 0.15) is 40.9 Å².